The van der Waals surface area contributed by atoms with E-state index in [-0.39, 0.29) is 12.4 Å². The van der Waals surface area contributed by atoms with E-state index in [0.29, 0.717) is 24.4 Å². The Morgan fingerprint density at radius 2 is 2.00 bits per heavy atom. The summed E-state index contributed by atoms with van der Waals surface area (Å²) in [5.41, 5.74) is 6.22. The fourth-order valence-corrected chi connectivity index (χ4v) is 3.30. The second-order valence-corrected chi connectivity index (χ2v) is 7.39. The topological polar surface area (TPSA) is 81.4 Å². The third-order valence-electron chi connectivity index (χ3n) is 2.80. The van der Waals surface area contributed by atoms with Crippen molar-refractivity contribution in [1.82, 2.24) is 4.72 Å². The standard InChI is InChI=1S/C14H18N2O3S2/c15-13-5-1-2-6-14(13)19-9-11-21(17,18)16-8-7-12-4-3-10-20-12/h1-6,10,16H,7-9,11,15H2. The van der Waals surface area contributed by atoms with Crippen LogP contribution in [-0.4, -0.2) is 27.3 Å². The van der Waals surface area contributed by atoms with Crippen LogP contribution in [0.2, 0.25) is 0 Å². The smallest absolute Gasteiger partial charge is 0.214 e. The number of para-hydroxylation sites is 2. The normalized spacial score (nSPS) is 11.4. The molecule has 114 valence electrons. The lowest BCUT2D eigenvalue weighted by atomic mass is 10.3. The average Bonchev–Trinajstić information content (AvgIpc) is 2.94. The minimum Gasteiger partial charge on any atom is -0.490 e. The Labute approximate surface area is 128 Å². The fourth-order valence-electron chi connectivity index (χ4n) is 1.73. The van der Waals surface area contributed by atoms with Gasteiger partial charge < -0.3 is 10.5 Å². The molecule has 5 nitrogen and oxygen atoms in total. The largest absolute Gasteiger partial charge is 0.490 e. The molecule has 0 aliphatic carbocycles. The summed E-state index contributed by atoms with van der Waals surface area (Å²) in [7, 11) is -3.33. The molecule has 1 aromatic carbocycles. The lowest BCUT2D eigenvalue weighted by Crippen LogP contribution is -2.30. The number of sulfonamides is 1. The van der Waals surface area contributed by atoms with E-state index in [1.54, 1.807) is 35.6 Å². The van der Waals surface area contributed by atoms with Crippen molar-refractivity contribution in [3.63, 3.8) is 0 Å². The molecular formula is C14H18N2O3S2. The van der Waals surface area contributed by atoms with Crippen molar-refractivity contribution in [1.29, 1.82) is 0 Å². The molecule has 0 saturated carbocycles. The first-order valence-electron chi connectivity index (χ1n) is 6.54. The van der Waals surface area contributed by atoms with Gasteiger partial charge in [0.2, 0.25) is 10.0 Å². The Kier molecular flexibility index (Phi) is 5.60. The van der Waals surface area contributed by atoms with Crippen molar-refractivity contribution in [3.8, 4) is 5.75 Å². The predicted octanol–water partition coefficient (Wildman–Crippen LogP) is 1.87. The number of thiophene rings is 1. The summed E-state index contributed by atoms with van der Waals surface area (Å²) in [5.74, 6) is 0.414. The van der Waals surface area contributed by atoms with E-state index in [1.165, 1.54) is 0 Å². The highest BCUT2D eigenvalue weighted by atomic mass is 32.2. The van der Waals surface area contributed by atoms with Gasteiger partial charge in [-0.25, -0.2) is 13.1 Å². The zero-order valence-corrected chi connectivity index (χ0v) is 13.1. The molecule has 0 aliphatic rings. The van der Waals surface area contributed by atoms with E-state index in [4.69, 9.17) is 10.5 Å². The molecule has 0 amide bonds. The molecule has 0 fully saturated rings. The van der Waals surface area contributed by atoms with Crippen molar-refractivity contribution in [2.24, 2.45) is 0 Å². The van der Waals surface area contributed by atoms with Crippen LogP contribution < -0.4 is 15.2 Å². The molecule has 21 heavy (non-hydrogen) atoms. The average molecular weight is 326 g/mol. The van der Waals surface area contributed by atoms with Crippen LogP contribution in [0, 0.1) is 0 Å². The van der Waals surface area contributed by atoms with Crippen molar-refractivity contribution < 1.29 is 13.2 Å². The maximum atomic E-state index is 11.8. The lowest BCUT2D eigenvalue weighted by Gasteiger charge is -2.09. The Hall–Kier alpha value is -1.57. The quantitative estimate of drug-likeness (QED) is 0.726. The molecule has 1 aromatic heterocycles. The molecule has 0 radical (unpaired) electrons. The number of nitrogen functional groups attached to an aromatic ring is 1. The zero-order valence-electron chi connectivity index (χ0n) is 11.5. The van der Waals surface area contributed by atoms with Crippen LogP contribution in [0.3, 0.4) is 0 Å². The Morgan fingerprint density at radius 1 is 1.19 bits per heavy atom. The molecule has 0 spiro atoms. The molecule has 0 saturated heterocycles. The van der Waals surface area contributed by atoms with Crippen LogP contribution >= 0.6 is 11.3 Å². The van der Waals surface area contributed by atoms with Gasteiger partial charge in [0.25, 0.3) is 0 Å². The Bertz CT molecular complexity index is 655. The zero-order chi connectivity index (χ0) is 15.1. The predicted molar refractivity (Wildman–Crippen MR) is 86.2 cm³/mol. The van der Waals surface area contributed by atoms with E-state index in [9.17, 15) is 8.42 Å². The van der Waals surface area contributed by atoms with E-state index >= 15 is 0 Å². The monoisotopic (exact) mass is 326 g/mol. The summed E-state index contributed by atoms with van der Waals surface area (Å²) in [6.45, 7) is 0.471. The van der Waals surface area contributed by atoms with Gasteiger partial charge in [-0.15, -0.1) is 11.3 Å². The van der Waals surface area contributed by atoms with Gasteiger partial charge in [-0.05, 0) is 30.0 Å². The maximum absolute atomic E-state index is 11.8. The second-order valence-electron chi connectivity index (χ2n) is 4.43. The van der Waals surface area contributed by atoms with E-state index in [0.717, 1.165) is 4.88 Å². The molecule has 1 heterocycles. The summed E-state index contributed by atoms with van der Waals surface area (Å²) in [4.78, 5) is 1.16. The van der Waals surface area contributed by atoms with Crippen molar-refractivity contribution in [2.45, 2.75) is 6.42 Å². The van der Waals surface area contributed by atoms with E-state index in [2.05, 4.69) is 4.72 Å². The number of rotatable bonds is 8. The van der Waals surface area contributed by atoms with Crippen LogP contribution in [0.25, 0.3) is 0 Å². The number of hydrogen-bond donors (Lipinski definition) is 2. The molecule has 2 rings (SSSR count). The van der Waals surface area contributed by atoms with Gasteiger partial charge in [-0.1, -0.05) is 18.2 Å². The molecular weight excluding hydrogens is 308 g/mol. The molecule has 0 unspecified atom stereocenters. The van der Waals surface area contributed by atoms with Gasteiger partial charge in [-0.3, -0.25) is 0 Å². The van der Waals surface area contributed by atoms with Gasteiger partial charge in [-0.2, -0.15) is 0 Å². The molecule has 7 heteroatoms. The lowest BCUT2D eigenvalue weighted by molar-refractivity contribution is 0.342. The maximum Gasteiger partial charge on any atom is 0.214 e. The minimum atomic E-state index is -3.33. The van der Waals surface area contributed by atoms with Crippen LogP contribution in [0.4, 0.5) is 5.69 Å². The van der Waals surface area contributed by atoms with Crippen molar-refractivity contribution in [2.75, 3.05) is 24.6 Å². The number of anilines is 1. The number of nitrogens with one attached hydrogen (secondary N) is 1. The van der Waals surface area contributed by atoms with Crippen LogP contribution in [0.15, 0.2) is 41.8 Å². The summed E-state index contributed by atoms with van der Waals surface area (Å²) >= 11 is 1.62. The number of nitrogens with two attached hydrogens (primary N) is 1. The first-order chi connectivity index (χ1) is 10.1. The summed E-state index contributed by atoms with van der Waals surface area (Å²) < 4.78 is 31.6. The molecule has 0 aliphatic heterocycles. The number of hydrogen-bond acceptors (Lipinski definition) is 5. The fraction of sp³-hybridized carbons (Fsp3) is 0.286. The number of ether oxygens (including phenoxy) is 1. The van der Waals surface area contributed by atoms with E-state index < -0.39 is 10.0 Å². The first kappa shape index (κ1) is 15.8. The van der Waals surface area contributed by atoms with Gasteiger partial charge >= 0.3 is 0 Å². The highest BCUT2D eigenvalue weighted by molar-refractivity contribution is 7.89. The van der Waals surface area contributed by atoms with Gasteiger partial charge in [0.1, 0.15) is 12.4 Å². The molecule has 2 aromatic rings. The molecule has 0 bridgehead atoms. The van der Waals surface area contributed by atoms with Crippen LogP contribution in [0.5, 0.6) is 5.75 Å². The SMILES string of the molecule is Nc1ccccc1OCCS(=O)(=O)NCCc1cccs1. The van der Waals surface area contributed by atoms with Crippen molar-refractivity contribution in [3.05, 3.63) is 46.7 Å². The summed E-state index contributed by atoms with van der Waals surface area (Å²) in [6, 6.07) is 11.0. The molecule has 0 atom stereocenters. The second kappa shape index (κ2) is 7.44. The Morgan fingerprint density at radius 3 is 2.71 bits per heavy atom. The van der Waals surface area contributed by atoms with Crippen molar-refractivity contribution >= 4 is 27.0 Å². The van der Waals surface area contributed by atoms with Gasteiger partial charge in [0.15, 0.2) is 0 Å². The Balaban J connectivity index is 1.72. The van der Waals surface area contributed by atoms with Gasteiger partial charge in [0.05, 0.1) is 11.4 Å². The first-order valence-corrected chi connectivity index (χ1v) is 9.07. The van der Waals surface area contributed by atoms with Crippen LogP contribution in [-0.2, 0) is 16.4 Å². The minimum absolute atomic E-state index is 0.0720. The summed E-state index contributed by atoms with van der Waals surface area (Å²) in [5, 5.41) is 1.97. The third kappa shape index (κ3) is 5.37. The van der Waals surface area contributed by atoms with Crippen LogP contribution in [0.1, 0.15) is 4.88 Å². The highest BCUT2D eigenvalue weighted by Crippen LogP contribution is 2.19. The van der Waals surface area contributed by atoms with Gasteiger partial charge in [0, 0.05) is 11.4 Å². The summed E-state index contributed by atoms with van der Waals surface area (Å²) in [6.07, 6.45) is 0.698. The molecule has 3 N–H and O–H groups in total. The highest BCUT2D eigenvalue weighted by Gasteiger charge is 2.10. The third-order valence-corrected chi connectivity index (χ3v) is 5.09. The van der Waals surface area contributed by atoms with E-state index in [1.807, 2.05) is 17.5 Å². The number of benzene rings is 1.